The number of amides is 1. The highest BCUT2D eigenvalue weighted by Crippen LogP contribution is 2.66. The minimum Gasteiger partial charge on any atom is -0.481 e. The number of primary amides is 1. The maximum atomic E-state index is 13.2. The van der Waals surface area contributed by atoms with E-state index in [0.717, 1.165) is 25.1 Å². The molecule has 180 valence electrons. The number of carboxylic acid groups (broad SMARTS) is 1. The fourth-order valence-electron chi connectivity index (χ4n) is 4.57. The van der Waals surface area contributed by atoms with Crippen LogP contribution in [-0.4, -0.2) is 42.9 Å². The standard InChI is InChI=1S/C20H20ClF3N2O6S/c1-10(20(22,23)24)32-11-2-3-14(13(21)6-11)33(30,31)12-4-5-18(7-12,17(28)29)15-8-19(15,9-25)16(26)27/h2-3,6,10,12,15H,4-5,7-8H2,1H3,(H2,26,27)(H,28,29)/t10-,12-,15?,18+,19?/m1/s1. The van der Waals surface area contributed by atoms with Crippen molar-refractivity contribution in [2.75, 3.05) is 0 Å². The predicted molar refractivity (Wildman–Crippen MR) is 108 cm³/mol. The number of aliphatic carboxylic acids is 1. The molecule has 2 saturated carbocycles. The fraction of sp³-hybridized carbons (Fsp3) is 0.550. The second-order valence-corrected chi connectivity index (χ2v) is 11.1. The Bertz CT molecular complexity index is 1150. The number of carbonyl (C=O) groups is 2. The molecule has 2 aliphatic carbocycles. The SMILES string of the molecule is C[C@@H](Oc1ccc(S(=O)(=O)[C@@H]2CC[C@@](C(=O)O)(C3CC3(C#N)C(N)=O)C2)c(Cl)c1)C(F)(F)F. The summed E-state index contributed by atoms with van der Waals surface area (Å²) in [5.41, 5.74) is 2.02. The van der Waals surface area contributed by atoms with Gasteiger partial charge < -0.3 is 15.6 Å². The van der Waals surface area contributed by atoms with Gasteiger partial charge >= 0.3 is 12.1 Å². The van der Waals surface area contributed by atoms with Crippen molar-refractivity contribution in [1.82, 2.24) is 0 Å². The van der Waals surface area contributed by atoms with Crippen molar-refractivity contribution in [1.29, 1.82) is 5.26 Å². The summed E-state index contributed by atoms with van der Waals surface area (Å²) in [5.74, 6) is -3.47. The largest absolute Gasteiger partial charge is 0.481 e. The van der Waals surface area contributed by atoms with Gasteiger partial charge in [-0.2, -0.15) is 18.4 Å². The zero-order chi connectivity index (χ0) is 25.0. The zero-order valence-corrected chi connectivity index (χ0v) is 18.8. The van der Waals surface area contributed by atoms with E-state index in [1.54, 1.807) is 6.07 Å². The zero-order valence-electron chi connectivity index (χ0n) is 17.2. The van der Waals surface area contributed by atoms with Gasteiger partial charge in [-0.25, -0.2) is 8.42 Å². The molecule has 8 nitrogen and oxygen atoms in total. The van der Waals surface area contributed by atoms with Gasteiger partial charge in [-0.1, -0.05) is 11.6 Å². The number of nitriles is 1. The number of sulfone groups is 1. The van der Waals surface area contributed by atoms with Crippen molar-refractivity contribution in [2.45, 2.75) is 55.0 Å². The number of carbonyl (C=O) groups excluding carboxylic acids is 1. The van der Waals surface area contributed by atoms with E-state index in [2.05, 4.69) is 0 Å². The first-order valence-corrected chi connectivity index (χ1v) is 11.8. The molecule has 13 heteroatoms. The van der Waals surface area contributed by atoms with Gasteiger partial charge in [0, 0.05) is 12.0 Å². The van der Waals surface area contributed by atoms with E-state index in [1.807, 2.05) is 0 Å². The lowest BCUT2D eigenvalue weighted by Gasteiger charge is -2.26. The predicted octanol–water partition coefficient (Wildman–Crippen LogP) is 3.08. The van der Waals surface area contributed by atoms with Gasteiger partial charge in [0.15, 0.2) is 15.9 Å². The van der Waals surface area contributed by atoms with E-state index in [0.29, 0.717) is 0 Å². The van der Waals surface area contributed by atoms with Crippen molar-refractivity contribution in [3.63, 3.8) is 0 Å². The minimum atomic E-state index is -4.63. The molecule has 1 aromatic carbocycles. The van der Waals surface area contributed by atoms with Crippen molar-refractivity contribution < 1.29 is 41.0 Å². The summed E-state index contributed by atoms with van der Waals surface area (Å²) in [5, 5.41) is 17.7. The normalized spacial score (nSPS) is 30.3. The first-order valence-electron chi connectivity index (χ1n) is 9.83. The quantitative estimate of drug-likeness (QED) is 0.575. The lowest BCUT2D eigenvalue weighted by atomic mass is 9.77. The van der Waals surface area contributed by atoms with Crippen LogP contribution in [0, 0.1) is 28.1 Å². The smallest absolute Gasteiger partial charge is 0.425 e. The second kappa shape index (κ2) is 8.06. The number of rotatable bonds is 7. The summed E-state index contributed by atoms with van der Waals surface area (Å²) in [4.78, 5) is 23.5. The lowest BCUT2D eigenvalue weighted by molar-refractivity contribution is -0.189. The molecule has 1 aromatic rings. The number of alkyl halides is 3. The molecule has 3 N–H and O–H groups in total. The van der Waals surface area contributed by atoms with Gasteiger partial charge in [-0.3, -0.25) is 9.59 Å². The van der Waals surface area contributed by atoms with Crippen molar-refractivity contribution in [3.05, 3.63) is 23.2 Å². The van der Waals surface area contributed by atoms with Gasteiger partial charge in [0.1, 0.15) is 11.2 Å². The van der Waals surface area contributed by atoms with Gasteiger partial charge in [-0.15, -0.1) is 0 Å². The molecule has 5 atom stereocenters. The van der Waals surface area contributed by atoms with E-state index in [1.165, 1.54) is 0 Å². The van der Waals surface area contributed by atoms with Crippen molar-refractivity contribution in [2.24, 2.45) is 22.5 Å². The number of nitrogens with zero attached hydrogens (tertiary/aromatic N) is 1. The summed E-state index contributed by atoms with van der Waals surface area (Å²) in [6, 6.07) is 4.78. The van der Waals surface area contributed by atoms with Gasteiger partial charge in [0.25, 0.3) is 0 Å². The fourth-order valence-corrected chi connectivity index (χ4v) is 6.96. The van der Waals surface area contributed by atoms with Crippen LogP contribution in [-0.2, 0) is 19.4 Å². The molecule has 2 unspecified atom stereocenters. The Morgan fingerprint density at radius 3 is 2.45 bits per heavy atom. The molecule has 2 fully saturated rings. The molecule has 1 amide bonds. The highest BCUT2D eigenvalue weighted by Gasteiger charge is 2.72. The van der Waals surface area contributed by atoms with Crippen LogP contribution >= 0.6 is 11.6 Å². The lowest BCUT2D eigenvalue weighted by Crippen LogP contribution is -2.37. The van der Waals surface area contributed by atoms with Crippen LogP contribution in [0.25, 0.3) is 0 Å². The molecule has 3 rings (SSSR count). The van der Waals surface area contributed by atoms with E-state index in [-0.39, 0.29) is 41.4 Å². The average Bonchev–Trinajstić information content (AvgIpc) is 3.29. The first-order chi connectivity index (χ1) is 15.1. The first kappa shape index (κ1) is 25.1. The minimum absolute atomic E-state index is 0.0644. The number of ether oxygens (including phenoxy) is 1. The van der Waals surface area contributed by atoms with Crippen LogP contribution in [0.2, 0.25) is 5.02 Å². The highest BCUT2D eigenvalue weighted by molar-refractivity contribution is 7.92. The number of halogens is 4. The van der Waals surface area contributed by atoms with Gasteiger partial charge in [-0.05, 0) is 44.7 Å². The van der Waals surface area contributed by atoms with Crippen LogP contribution in [0.1, 0.15) is 32.6 Å². The van der Waals surface area contributed by atoms with E-state index >= 15 is 0 Å². The molecule has 0 heterocycles. The third kappa shape index (κ3) is 4.12. The van der Waals surface area contributed by atoms with Crippen LogP contribution in [0.4, 0.5) is 13.2 Å². The van der Waals surface area contributed by atoms with Crippen LogP contribution < -0.4 is 10.5 Å². The average molecular weight is 509 g/mol. The van der Waals surface area contributed by atoms with Crippen LogP contribution in [0.5, 0.6) is 5.75 Å². The number of hydrogen-bond acceptors (Lipinski definition) is 6. The van der Waals surface area contributed by atoms with Crippen LogP contribution in [0.3, 0.4) is 0 Å². The van der Waals surface area contributed by atoms with Crippen LogP contribution in [0.15, 0.2) is 23.1 Å². The molecule has 0 bridgehead atoms. The highest BCUT2D eigenvalue weighted by atomic mass is 35.5. The monoisotopic (exact) mass is 508 g/mol. The topological polar surface area (TPSA) is 148 Å². The maximum Gasteiger partial charge on any atom is 0.425 e. The number of carboxylic acids is 1. The third-order valence-electron chi connectivity index (χ3n) is 6.62. The molecular weight excluding hydrogens is 489 g/mol. The Hall–Kier alpha value is -2.52. The number of nitrogens with two attached hydrogens (primary N) is 1. The Balaban J connectivity index is 1.87. The van der Waals surface area contributed by atoms with E-state index in [9.17, 15) is 41.5 Å². The Kier molecular flexibility index (Phi) is 6.13. The van der Waals surface area contributed by atoms with Gasteiger partial charge in [0.2, 0.25) is 5.91 Å². The van der Waals surface area contributed by atoms with Gasteiger partial charge in [0.05, 0.1) is 26.7 Å². The Labute approximate surface area is 192 Å². The summed E-state index contributed by atoms with van der Waals surface area (Å²) in [6.07, 6.45) is -7.35. The van der Waals surface area contributed by atoms with Crippen molar-refractivity contribution >= 4 is 33.3 Å². The summed E-state index contributed by atoms with van der Waals surface area (Å²) in [7, 11) is -4.19. The molecule has 0 aromatic heterocycles. The number of benzene rings is 1. The Morgan fingerprint density at radius 1 is 1.36 bits per heavy atom. The summed E-state index contributed by atoms with van der Waals surface area (Å²) < 4.78 is 69.3. The number of hydrogen-bond donors (Lipinski definition) is 2. The molecular formula is C20H20ClF3N2O6S. The molecule has 0 aliphatic heterocycles. The summed E-state index contributed by atoms with van der Waals surface area (Å²) in [6.45, 7) is 0.786. The molecule has 0 spiro atoms. The third-order valence-corrected chi connectivity index (χ3v) is 9.29. The molecule has 33 heavy (non-hydrogen) atoms. The Morgan fingerprint density at radius 2 is 2.00 bits per heavy atom. The summed E-state index contributed by atoms with van der Waals surface area (Å²) >= 11 is 6.05. The maximum absolute atomic E-state index is 13.2. The second-order valence-electron chi connectivity index (χ2n) is 8.47. The molecule has 0 saturated heterocycles. The van der Waals surface area contributed by atoms with E-state index < -0.39 is 56.0 Å². The molecule has 2 aliphatic rings. The molecule has 0 radical (unpaired) electrons. The van der Waals surface area contributed by atoms with E-state index in [4.69, 9.17) is 22.1 Å². The van der Waals surface area contributed by atoms with Crippen molar-refractivity contribution in [3.8, 4) is 11.8 Å².